The minimum Gasteiger partial charge on any atom is -0.378 e. The predicted octanol–water partition coefficient (Wildman–Crippen LogP) is 4.10. The van der Waals surface area contributed by atoms with Crippen LogP contribution < -0.4 is 5.32 Å². The zero-order chi connectivity index (χ0) is 27.4. The molecule has 38 heavy (non-hydrogen) atoms. The number of carbonyl (C=O) groups excluding carboxylic acids is 2. The normalized spacial score (nSPS) is 18.6. The molecule has 1 fully saturated rings. The summed E-state index contributed by atoms with van der Waals surface area (Å²) in [4.78, 5) is 35.5. The van der Waals surface area contributed by atoms with E-state index in [-0.39, 0.29) is 35.9 Å². The number of likely N-dealkylation sites (tertiary alicyclic amines) is 1. The van der Waals surface area contributed by atoms with Crippen molar-refractivity contribution in [1.82, 2.24) is 25.3 Å². The standard InChI is InChI=1S/C27H33F2N5O4/c1-15(26-30-14-23(31-26)19-8-7-18(28)12-20(19)29)10-24(35)21(32-27(37)22-11-17(3)38-33-22)13-25(36)34-9-5-4-6-16(34)2/h7-8,11-12,14-16,21,25,36H,4-6,9-10,13H2,1-3H3,(H,30,31)(H,32,37)/t15-,16+,21+,25?/m1/s1. The van der Waals surface area contributed by atoms with Gasteiger partial charge in [0.1, 0.15) is 29.4 Å². The number of aliphatic hydroxyl groups excluding tert-OH is 1. The minimum atomic E-state index is -0.977. The number of aromatic nitrogens is 3. The molecule has 1 aromatic carbocycles. The molecule has 9 nitrogen and oxygen atoms in total. The minimum absolute atomic E-state index is 0.00389. The molecule has 1 aliphatic heterocycles. The van der Waals surface area contributed by atoms with Crippen LogP contribution in [0.4, 0.5) is 8.78 Å². The van der Waals surface area contributed by atoms with Gasteiger partial charge in [-0.1, -0.05) is 18.5 Å². The van der Waals surface area contributed by atoms with Gasteiger partial charge in [0.15, 0.2) is 11.5 Å². The average Bonchev–Trinajstić information content (AvgIpc) is 3.53. The Labute approximate surface area is 219 Å². The van der Waals surface area contributed by atoms with E-state index in [9.17, 15) is 23.5 Å². The molecular formula is C27H33F2N5O4. The smallest absolute Gasteiger partial charge is 0.274 e. The van der Waals surface area contributed by atoms with Crippen molar-refractivity contribution < 1.29 is 28.0 Å². The number of ketones is 1. The fourth-order valence-electron chi connectivity index (χ4n) is 4.86. The first-order valence-corrected chi connectivity index (χ1v) is 12.8. The van der Waals surface area contributed by atoms with E-state index in [1.807, 2.05) is 11.8 Å². The maximum absolute atomic E-state index is 14.2. The van der Waals surface area contributed by atoms with Gasteiger partial charge in [-0.2, -0.15) is 0 Å². The summed E-state index contributed by atoms with van der Waals surface area (Å²) in [5, 5.41) is 17.4. The van der Waals surface area contributed by atoms with E-state index in [1.54, 1.807) is 13.8 Å². The van der Waals surface area contributed by atoms with Crippen LogP contribution in [-0.2, 0) is 4.79 Å². The summed E-state index contributed by atoms with van der Waals surface area (Å²) >= 11 is 0. The summed E-state index contributed by atoms with van der Waals surface area (Å²) in [5.74, 6) is -1.77. The van der Waals surface area contributed by atoms with E-state index in [1.165, 1.54) is 18.3 Å². The molecule has 2 aromatic heterocycles. The first kappa shape index (κ1) is 27.6. The third-order valence-corrected chi connectivity index (χ3v) is 7.03. The van der Waals surface area contributed by atoms with Crippen molar-refractivity contribution in [1.29, 1.82) is 0 Å². The number of amides is 1. The molecule has 3 heterocycles. The first-order chi connectivity index (χ1) is 18.1. The zero-order valence-electron chi connectivity index (χ0n) is 21.7. The Morgan fingerprint density at radius 1 is 1.29 bits per heavy atom. The number of nitrogens with zero attached hydrogens (tertiary/aromatic N) is 3. The molecule has 0 aliphatic carbocycles. The maximum Gasteiger partial charge on any atom is 0.274 e. The quantitative estimate of drug-likeness (QED) is 0.361. The fourth-order valence-corrected chi connectivity index (χ4v) is 4.86. The number of hydrogen-bond acceptors (Lipinski definition) is 7. The number of imidazole rings is 1. The average molecular weight is 530 g/mol. The molecule has 3 N–H and O–H groups in total. The van der Waals surface area contributed by atoms with Gasteiger partial charge in [0.25, 0.3) is 5.91 Å². The van der Waals surface area contributed by atoms with Crippen LogP contribution in [0.1, 0.15) is 73.9 Å². The molecule has 0 spiro atoms. The van der Waals surface area contributed by atoms with Crippen LogP contribution >= 0.6 is 0 Å². The second-order valence-electron chi connectivity index (χ2n) is 10.0. The van der Waals surface area contributed by atoms with Crippen molar-refractivity contribution in [3.8, 4) is 11.3 Å². The Hall–Kier alpha value is -3.44. The molecule has 0 radical (unpaired) electrons. The lowest BCUT2D eigenvalue weighted by Gasteiger charge is -2.38. The lowest BCUT2D eigenvalue weighted by atomic mass is 9.95. The fraction of sp³-hybridized carbons (Fsp3) is 0.481. The maximum atomic E-state index is 14.2. The topological polar surface area (TPSA) is 124 Å². The van der Waals surface area contributed by atoms with Gasteiger partial charge in [0, 0.05) is 49.0 Å². The van der Waals surface area contributed by atoms with E-state index in [0.29, 0.717) is 23.8 Å². The van der Waals surface area contributed by atoms with Crippen LogP contribution in [0.2, 0.25) is 0 Å². The van der Waals surface area contributed by atoms with E-state index in [0.717, 1.165) is 31.4 Å². The van der Waals surface area contributed by atoms with E-state index >= 15 is 0 Å². The third-order valence-electron chi connectivity index (χ3n) is 7.03. The second kappa shape index (κ2) is 12.0. The molecule has 4 atom stereocenters. The SMILES string of the molecule is Cc1cc(C(=O)N[C@@H](CC(O)N2CCCC[C@@H]2C)C(=O)C[C@@H](C)c2ncc(-c3ccc(F)cc3F)[nH]2)no1. The van der Waals surface area contributed by atoms with Crippen molar-refractivity contribution in [2.24, 2.45) is 0 Å². The molecule has 0 saturated carbocycles. The molecule has 3 aromatic rings. The van der Waals surface area contributed by atoms with Crippen LogP contribution in [0.3, 0.4) is 0 Å². The number of halogens is 2. The molecule has 1 unspecified atom stereocenters. The lowest BCUT2D eigenvalue weighted by Crippen LogP contribution is -2.50. The second-order valence-corrected chi connectivity index (χ2v) is 10.0. The van der Waals surface area contributed by atoms with Crippen molar-refractivity contribution in [2.45, 2.75) is 77.1 Å². The number of aromatic amines is 1. The van der Waals surface area contributed by atoms with Gasteiger partial charge < -0.3 is 19.9 Å². The highest BCUT2D eigenvalue weighted by Crippen LogP contribution is 2.26. The van der Waals surface area contributed by atoms with E-state index in [2.05, 4.69) is 20.4 Å². The Balaban J connectivity index is 1.48. The number of rotatable bonds is 10. The molecule has 0 bridgehead atoms. The summed E-state index contributed by atoms with van der Waals surface area (Å²) in [7, 11) is 0. The highest BCUT2D eigenvalue weighted by molar-refractivity contribution is 5.96. The summed E-state index contributed by atoms with van der Waals surface area (Å²) < 4.78 is 32.5. The summed E-state index contributed by atoms with van der Waals surface area (Å²) in [6.45, 7) is 6.19. The number of carbonyl (C=O) groups is 2. The number of aliphatic hydroxyl groups is 1. The molecular weight excluding hydrogens is 496 g/mol. The van der Waals surface area contributed by atoms with Gasteiger partial charge >= 0.3 is 0 Å². The monoisotopic (exact) mass is 529 g/mol. The van der Waals surface area contributed by atoms with Crippen LogP contribution in [0.15, 0.2) is 35.0 Å². The Bertz CT molecular complexity index is 1280. The number of H-pyrrole nitrogens is 1. The van der Waals surface area contributed by atoms with Gasteiger partial charge in [0.2, 0.25) is 0 Å². The van der Waals surface area contributed by atoms with E-state index in [4.69, 9.17) is 4.52 Å². The third kappa shape index (κ3) is 6.51. The summed E-state index contributed by atoms with van der Waals surface area (Å²) in [6.07, 6.45) is 3.53. The van der Waals surface area contributed by atoms with Crippen LogP contribution in [0, 0.1) is 18.6 Å². The van der Waals surface area contributed by atoms with E-state index < -0.39 is 35.7 Å². The summed E-state index contributed by atoms with van der Waals surface area (Å²) in [5.41, 5.74) is 0.569. The number of aryl methyl sites for hydroxylation is 1. The highest BCUT2D eigenvalue weighted by Gasteiger charge is 2.32. The largest absolute Gasteiger partial charge is 0.378 e. The molecule has 4 rings (SSSR count). The van der Waals surface area contributed by atoms with Crippen molar-refractivity contribution >= 4 is 11.7 Å². The Morgan fingerprint density at radius 3 is 2.76 bits per heavy atom. The predicted molar refractivity (Wildman–Crippen MR) is 135 cm³/mol. The zero-order valence-corrected chi connectivity index (χ0v) is 21.7. The number of hydrogen-bond donors (Lipinski definition) is 3. The molecule has 1 amide bonds. The Morgan fingerprint density at radius 2 is 2.08 bits per heavy atom. The number of benzene rings is 1. The summed E-state index contributed by atoms with van der Waals surface area (Å²) in [6, 6.07) is 3.93. The molecule has 11 heteroatoms. The number of Topliss-reactive ketones (excluding diaryl/α,β-unsaturated/α-hetero) is 1. The number of piperidine rings is 1. The van der Waals surface area contributed by atoms with Crippen LogP contribution in [-0.4, -0.2) is 61.7 Å². The van der Waals surface area contributed by atoms with Gasteiger partial charge in [-0.25, -0.2) is 13.8 Å². The molecule has 1 aliphatic rings. The highest BCUT2D eigenvalue weighted by atomic mass is 19.1. The van der Waals surface area contributed by atoms with Gasteiger partial charge in [-0.15, -0.1) is 0 Å². The van der Waals surface area contributed by atoms with Gasteiger partial charge in [-0.05, 0) is 38.8 Å². The van der Waals surface area contributed by atoms with Gasteiger partial charge in [0.05, 0.1) is 17.9 Å². The molecule has 1 saturated heterocycles. The van der Waals surface area contributed by atoms with Crippen LogP contribution in [0.5, 0.6) is 0 Å². The lowest BCUT2D eigenvalue weighted by molar-refractivity contribution is -0.123. The van der Waals surface area contributed by atoms with Gasteiger partial charge in [-0.3, -0.25) is 14.5 Å². The van der Waals surface area contributed by atoms with Crippen molar-refractivity contribution in [3.63, 3.8) is 0 Å². The Kier molecular flexibility index (Phi) is 8.68. The van der Waals surface area contributed by atoms with Crippen LogP contribution in [0.25, 0.3) is 11.3 Å². The molecule has 204 valence electrons. The van der Waals surface area contributed by atoms with Crippen molar-refractivity contribution in [2.75, 3.05) is 6.54 Å². The van der Waals surface area contributed by atoms with Crippen molar-refractivity contribution in [3.05, 3.63) is 59.4 Å². The first-order valence-electron chi connectivity index (χ1n) is 12.8. The number of nitrogens with one attached hydrogen (secondary N) is 2.